The van der Waals surface area contributed by atoms with Crippen LogP contribution in [0.2, 0.25) is 0 Å². The monoisotopic (exact) mass is 577 g/mol. The van der Waals surface area contributed by atoms with E-state index in [4.69, 9.17) is 4.74 Å². The molecule has 0 aliphatic heterocycles. The Morgan fingerprint density at radius 1 is 1.15 bits per heavy atom. The predicted molar refractivity (Wildman–Crippen MR) is 144 cm³/mol. The summed E-state index contributed by atoms with van der Waals surface area (Å²) in [6, 6.07) is 13.2. The number of alkyl halides is 3. The van der Waals surface area contributed by atoms with Crippen LogP contribution in [0.25, 0.3) is 5.69 Å². The van der Waals surface area contributed by atoms with Gasteiger partial charge in [-0.3, -0.25) is 0 Å². The van der Waals surface area contributed by atoms with Gasteiger partial charge in [-0.25, -0.2) is 21.8 Å². The number of sulfonamides is 1. The first-order valence-electron chi connectivity index (χ1n) is 13.2. The number of allylic oxidation sites excluding steroid dienone is 1. The number of benzene rings is 2. The van der Waals surface area contributed by atoms with Gasteiger partial charge in [0.05, 0.1) is 24.7 Å². The largest absolute Gasteiger partial charge is 0.497 e. The molecule has 0 spiro atoms. The summed E-state index contributed by atoms with van der Waals surface area (Å²) in [5, 5.41) is 4.54. The van der Waals surface area contributed by atoms with E-state index in [-0.39, 0.29) is 37.2 Å². The zero-order valence-corrected chi connectivity index (χ0v) is 23.1. The van der Waals surface area contributed by atoms with Gasteiger partial charge in [0.2, 0.25) is 10.0 Å². The number of fused-ring (bicyclic) bond motifs is 1. The van der Waals surface area contributed by atoms with Crippen molar-refractivity contribution in [1.29, 1.82) is 0 Å². The van der Waals surface area contributed by atoms with E-state index in [0.717, 1.165) is 38.8 Å². The quantitative estimate of drug-likeness (QED) is 0.237. The van der Waals surface area contributed by atoms with Gasteiger partial charge in [0.1, 0.15) is 11.6 Å². The minimum Gasteiger partial charge on any atom is -0.497 e. The van der Waals surface area contributed by atoms with Crippen molar-refractivity contribution in [2.24, 2.45) is 5.92 Å². The molecule has 2 aromatic carbocycles. The topological polar surface area (TPSA) is 64.4 Å². The standard InChI is InChI=1S/C29H31F4N3O3S/c1-19-26-16-34-36(24-10-8-23(30)9-11-24)27(26)15-21-6-7-22(28(19)21)17-35(40(37,38)18-29(31,32)33)13-12-20-4-3-5-25(14-20)39-2/h3-5,8-11,14,16,19,22H,6-7,12-13,15,17-18H2,1-2H3/t19-,22+/m0/s1. The smallest absolute Gasteiger partial charge is 0.404 e. The number of halogens is 4. The van der Waals surface area contributed by atoms with Crippen LogP contribution >= 0.6 is 0 Å². The summed E-state index contributed by atoms with van der Waals surface area (Å²) in [5.41, 5.74) is 5.79. The van der Waals surface area contributed by atoms with Gasteiger partial charge in [0, 0.05) is 31.0 Å². The lowest BCUT2D eigenvalue weighted by Gasteiger charge is -2.31. The maximum absolute atomic E-state index is 13.5. The molecule has 11 heteroatoms. The average Bonchev–Trinajstić information content (AvgIpc) is 3.50. The van der Waals surface area contributed by atoms with E-state index in [9.17, 15) is 26.0 Å². The second kappa shape index (κ2) is 11.0. The zero-order valence-electron chi connectivity index (χ0n) is 22.3. The Labute approximate surface area is 231 Å². The van der Waals surface area contributed by atoms with Gasteiger partial charge in [-0.05, 0) is 67.1 Å². The average molecular weight is 578 g/mol. The summed E-state index contributed by atoms with van der Waals surface area (Å²) < 4.78 is 87.4. The van der Waals surface area contributed by atoms with Crippen LogP contribution in [0.3, 0.4) is 0 Å². The second-order valence-corrected chi connectivity index (χ2v) is 12.4. The Balaban J connectivity index is 1.39. The summed E-state index contributed by atoms with van der Waals surface area (Å²) >= 11 is 0. The van der Waals surface area contributed by atoms with Gasteiger partial charge < -0.3 is 4.74 Å². The van der Waals surface area contributed by atoms with Gasteiger partial charge in [0.15, 0.2) is 5.75 Å². The van der Waals surface area contributed by atoms with E-state index in [2.05, 4.69) is 5.10 Å². The zero-order chi connectivity index (χ0) is 28.7. The highest BCUT2D eigenvalue weighted by atomic mass is 32.2. The van der Waals surface area contributed by atoms with Crippen molar-refractivity contribution in [2.45, 2.75) is 44.7 Å². The van der Waals surface area contributed by atoms with Gasteiger partial charge in [-0.2, -0.15) is 18.3 Å². The first-order chi connectivity index (χ1) is 18.9. The Morgan fingerprint density at radius 2 is 1.90 bits per heavy atom. The Hall–Kier alpha value is -3.18. The third-order valence-corrected chi connectivity index (χ3v) is 9.69. The van der Waals surface area contributed by atoms with Crippen LogP contribution < -0.4 is 4.74 Å². The molecule has 0 unspecified atom stereocenters. The van der Waals surface area contributed by atoms with E-state index in [1.165, 1.54) is 24.8 Å². The molecule has 0 saturated carbocycles. The molecular weight excluding hydrogens is 546 g/mol. The minimum absolute atomic E-state index is 0.00696. The number of aromatic nitrogens is 2. The number of ether oxygens (including phenoxy) is 1. The third kappa shape index (κ3) is 5.95. The molecule has 1 aromatic heterocycles. The van der Waals surface area contributed by atoms with Crippen LogP contribution in [-0.2, 0) is 22.9 Å². The molecule has 6 nitrogen and oxygen atoms in total. The van der Waals surface area contributed by atoms with Crippen LogP contribution in [0.15, 0.2) is 65.9 Å². The molecule has 1 heterocycles. The fraction of sp³-hybridized carbons (Fsp3) is 0.414. The molecule has 2 aliphatic rings. The molecule has 0 N–H and O–H groups in total. The maximum Gasteiger partial charge on any atom is 0.404 e. The van der Waals surface area contributed by atoms with Crippen LogP contribution in [-0.4, -0.2) is 54.6 Å². The molecule has 0 amide bonds. The molecule has 214 valence electrons. The maximum atomic E-state index is 13.5. The highest BCUT2D eigenvalue weighted by molar-refractivity contribution is 7.89. The molecular formula is C29H31F4N3O3S. The SMILES string of the molecule is COc1cccc(CCN(C[C@H]2CCC3=C2[C@@H](C)c2cnn(-c4ccc(F)cc4)c2C3)S(=O)(=O)CC(F)(F)F)c1. The van der Waals surface area contributed by atoms with E-state index >= 15 is 0 Å². The molecule has 0 bridgehead atoms. The number of methoxy groups -OCH3 is 1. The van der Waals surface area contributed by atoms with Crippen molar-refractivity contribution in [3.63, 3.8) is 0 Å². The van der Waals surface area contributed by atoms with Crippen molar-refractivity contribution in [3.05, 3.63) is 88.5 Å². The second-order valence-electron chi connectivity index (χ2n) is 10.5. The van der Waals surface area contributed by atoms with Crippen molar-refractivity contribution < 1.29 is 30.7 Å². The van der Waals surface area contributed by atoms with Gasteiger partial charge in [-0.15, -0.1) is 0 Å². The Morgan fingerprint density at radius 3 is 2.60 bits per heavy atom. The van der Waals surface area contributed by atoms with Crippen molar-refractivity contribution in [2.75, 3.05) is 26.0 Å². The fourth-order valence-corrected chi connectivity index (χ4v) is 7.42. The van der Waals surface area contributed by atoms with Gasteiger partial charge in [0.25, 0.3) is 0 Å². The van der Waals surface area contributed by atoms with Crippen molar-refractivity contribution in [1.82, 2.24) is 14.1 Å². The highest BCUT2D eigenvalue weighted by Gasteiger charge is 2.42. The number of rotatable bonds is 9. The minimum atomic E-state index is -4.84. The Kier molecular flexibility index (Phi) is 7.80. The fourth-order valence-electron chi connectivity index (χ4n) is 6.05. The number of hydrogen-bond donors (Lipinski definition) is 0. The van der Waals surface area contributed by atoms with E-state index in [1.807, 2.05) is 6.92 Å². The molecule has 3 aromatic rings. The first kappa shape index (κ1) is 28.4. The van der Waals surface area contributed by atoms with E-state index in [0.29, 0.717) is 18.6 Å². The van der Waals surface area contributed by atoms with Gasteiger partial charge in [-0.1, -0.05) is 30.2 Å². The van der Waals surface area contributed by atoms with Crippen LogP contribution in [0.5, 0.6) is 5.75 Å². The molecule has 2 aliphatic carbocycles. The third-order valence-electron chi connectivity index (χ3n) is 7.88. The predicted octanol–water partition coefficient (Wildman–Crippen LogP) is 5.82. The lowest BCUT2D eigenvalue weighted by atomic mass is 9.80. The summed E-state index contributed by atoms with van der Waals surface area (Å²) in [6.07, 6.45) is -0.778. The van der Waals surface area contributed by atoms with Crippen LogP contribution in [0, 0.1) is 11.7 Å². The summed E-state index contributed by atoms with van der Waals surface area (Å²) in [7, 11) is -3.08. The molecule has 5 rings (SSSR count). The molecule has 40 heavy (non-hydrogen) atoms. The van der Waals surface area contributed by atoms with Crippen molar-refractivity contribution >= 4 is 10.0 Å². The van der Waals surface area contributed by atoms with E-state index < -0.39 is 22.0 Å². The van der Waals surface area contributed by atoms with Crippen molar-refractivity contribution in [3.8, 4) is 11.4 Å². The molecule has 2 atom stereocenters. The van der Waals surface area contributed by atoms with Crippen LogP contribution in [0.4, 0.5) is 17.6 Å². The Bertz CT molecular complexity index is 1510. The van der Waals surface area contributed by atoms with E-state index in [1.54, 1.807) is 47.3 Å². The summed E-state index contributed by atoms with van der Waals surface area (Å²) in [4.78, 5) is 0. The lowest BCUT2D eigenvalue weighted by Crippen LogP contribution is -2.42. The summed E-state index contributed by atoms with van der Waals surface area (Å²) in [6.45, 7) is 1.97. The molecule has 0 saturated heterocycles. The first-order valence-corrected chi connectivity index (χ1v) is 14.8. The number of nitrogens with zero attached hydrogens (tertiary/aromatic N) is 3. The van der Waals surface area contributed by atoms with Crippen LogP contribution in [0.1, 0.15) is 42.5 Å². The highest BCUT2D eigenvalue weighted by Crippen LogP contribution is 2.47. The molecule has 0 radical (unpaired) electrons. The summed E-state index contributed by atoms with van der Waals surface area (Å²) in [5.74, 6) is -1.88. The normalized spacial score (nSPS) is 19.2. The molecule has 0 fully saturated rings. The van der Waals surface area contributed by atoms with Gasteiger partial charge >= 0.3 is 6.18 Å². The number of hydrogen-bond acceptors (Lipinski definition) is 4. The lowest BCUT2D eigenvalue weighted by molar-refractivity contribution is -0.107.